The number of rotatable bonds is 7. The van der Waals surface area contributed by atoms with E-state index >= 15 is 0 Å². The van der Waals surface area contributed by atoms with E-state index in [1.807, 2.05) is 43.7 Å². The van der Waals surface area contributed by atoms with E-state index < -0.39 is 0 Å². The van der Waals surface area contributed by atoms with Gasteiger partial charge in [-0.3, -0.25) is 24.3 Å². The van der Waals surface area contributed by atoms with Gasteiger partial charge in [0, 0.05) is 42.7 Å². The Balaban J connectivity index is 1.43. The van der Waals surface area contributed by atoms with Crippen molar-refractivity contribution in [3.63, 3.8) is 0 Å². The van der Waals surface area contributed by atoms with Crippen LogP contribution < -0.4 is 10.3 Å². The van der Waals surface area contributed by atoms with Gasteiger partial charge >= 0.3 is 0 Å². The molecule has 1 fully saturated rings. The zero-order valence-corrected chi connectivity index (χ0v) is 19.2. The van der Waals surface area contributed by atoms with Gasteiger partial charge in [0.05, 0.1) is 19.0 Å². The average Bonchev–Trinajstić information content (AvgIpc) is 3.32. The minimum absolute atomic E-state index is 0.0285. The van der Waals surface area contributed by atoms with Crippen LogP contribution in [-0.2, 0) is 11.8 Å². The van der Waals surface area contributed by atoms with E-state index in [4.69, 9.17) is 4.74 Å². The molecule has 168 valence electrons. The quantitative estimate of drug-likeness (QED) is 0.433. The maximum Gasteiger partial charge on any atom is 0.270 e. The molecule has 0 saturated carbocycles. The summed E-state index contributed by atoms with van der Waals surface area (Å²) < 4.78 is 8.96. The number of ether oxygens (including phenoxy) is 1. The molecule has 32 heavy (non-hydrogen) atoms. The minimum Gasteiger partial charge on any atom is -0.378 e. The Bertz CT molecular complexity index is 1120. The van der Waals surface area contributed by atoms with Crippen molar-refractivity contribution in [3.8, 4) is 0 Å². The number of thioether (sulfide) groups is 1. The first kappa shape index (κ1) is 22.1. The number of benzene rings is 1. The van der Waals surface area contributed by atoms with E-state index in [2.05, 4.69) is 20.5 Å². The van der Waals surface area contributed by atoms with Crippen LogP contribution >= 0.6 is 11.8 Å². The highest BCUT2D eigenvalue weighted by Gasteiger charge is 2.21. The number of carbonyl (C=O) groups is 2. The second kappa shape index (κ2) is 9.58. The highest BCUT2D eigenvalue weighted by Crippen LogP contribution is 2.23. The topological polar surface area (TPSA) is 94.3 Å². The number of nitrogens with one attached hydrogen (secondary N) is 1. The molecule has 1 saturated heterocycles. The monoisotopic (exact) mass is 454 g/mol. The van der Waals surface area contributed by atoms with Crippen LogP contribution in [0.4, 0.5) is 5.95 Å². The lowest BCUT2D eigenvalue weighted by molar-refractivity contribution is 0.0999. The Kier molecular flexibility index (Phi) is 6.61. The van der Waals surface area contributed by atoms with Crippen LogP contribution in [0.1, 0.15) is 32.1 Å². The zero-order chi connectivity index (χ0) is 22.7. The molecule has 0 radical (unpaired) electrons. The van der Waals surface area contributed by atoms with Crippen LogP contribution in [0.3, 0.4) is 0 Å². The number of carbonyl (C=O) groups excluding carboxylic acids is 2. The summed E-state index contributed by atoms with van der Waals surface area (Å²) in [5.41, 5.74) is 5.49. The Hall–Kier alpha value is -3.11. The zero-order valence-electron chi connectivity index (χ0n) is 18.4. The van der Waals surface area contributed by atoms with Crippen LogP contribution in [0.25, 0.3) is 0 Å². The van der Waals surface area contributed by atoms with E-state index in [1.165, 1.54) is 11.8 Å². The summed E-state index contributed by atoms with van der Waals surface area (Å²) in [4.78, 5) is 27.6. The van der Waals surface area contributed by atoms with Gasteiger partial charge in [-0.05, 0) is 32.0 Å². The normalized spacial score (nSPS) is 13.9. The van der Waals surface area contributed by atoms with Gasteiger partial charge in [0.15, 0.2) is 10.9 Å². The molecule has 1 aromatic carbocycles. The fourth-order valence-corrected chi connectivity index (χ4v) is 4.44. The highest BCUT2D eigenvalue weighted by molar-refractivity contribution is 7.99. The number of nitrogens with zero attached hydrogens (tertiary/aromatic N) is 5. The Morgan fingerprint density at radius 2 is 1.84 bits per heavy atom. The number of amides is 1. The van der Waals surface area contributed by atoms with Gasteiger partial charge < -0.3 is 9.64 Å². The Morgan fingerprint density at radius 3 is 2.56 bits per heavy atom. The molecule has 0 aliphatic carbocycles. The van der Waals surface area contributed by atoms with Gasteiger partial charge in [-0.15, -0.1) is 10.2 Å². The number of hydrogen-bond donors (Lipinski definition) is 1. The summed E-state index contributed by atoms with van der Waals surface area (Å²) in [5, 5.41) is 9.23. The van der Waals surface area contributed by atoms with Crippen LogP contribution in [0, 0.1) is 13.8 Å². The molecule has 10 heteroatoms. The van der Waals surface area contributed by atoms with Crippen LogP contribution in [-0.4, -0.2) is 63.2 Å². The van der Waals surface area contributed by atoms with Crippen molar-refractivity contribution in [2.75, 3.05) is 42.4 Å². The minimum atomic E-state index is -0.226. The van der Waals surface area contributed by atoms with Crippen molar-refractivity contribution in [1.82, 2.24) is 19.4 Å². The van der Waals surface area contributed by atoms with Gasteiger partial charge in [-0.1, -0.05) is 30.0 Å². The number of ketones is 1. The molecule has 0 bridgehead atoms. The smallest absolute Gasteiger partial charge is 0.270 e. The second-order valence-corrected chi connectivity index (χ2v) is 8.52. The average molecular weight is 455 g/mol. The van der Waals surface area contributed by atoms with Crippen LogP contribution in [0.5, 0.6) is 0 Å². The van der Waals surface area contributed by atoms with E-state index in [0.717, 1.165) is 24.7 Å². The third-order valence-corrected chi connectivity index (χ3v) is 6.44. The largest absolute Gasteiger partial charge is 0.378 e. The molecular weight excluding hydrogens is 428 g/mol. The number of aryl methyl sites for hydroxylation is 1. The number of hydrogen-bond acceptors (Lipinski definition) is 7. The molecule has 1 aliphatic rings. The lowest BCUT2D eigenvalue weighted by atomic mass is 10.2. The van der Waals surface area contributed by atoms with E-state index in [0.29, 0.717) is 35.2 Å². The fourth-order valence-electron chi connectivity index (χ4n) is 3.65. The molecule has 9 nitrogen and oxygen atoms in total. The lowest BCUT2D eigenvalue weighted by Gasteiger charge is -2.27. The number of morpholine rings is 1. The lowest BCUT2D eigenvalue weighted by Crippen LogP contribution is -2.37. The molecule has 1 aliphatic heterocycles. The highest BCUT2D eigenvalue weighted by atomic mass is 32.2. The first-order valence-corrected chi connectivity index (χ1v) is 11.4. The standard InChI is InChI=1S/C22H26N6O3S/c1-15-13-18(16(2)28(15)25-20(30)17-7-5-4-6-8-17)19(29)14-32-22-24-23-21(26(22)3)27-9-11-31-12-10-27/h4-8,13H,9-12,14H2,1-3H3,(H,25,30). The summed E-state index contributed by atoms with van der Waals surface area (Å²) in [6.07, 6.45) is 0. The predicted octanol–water partition coefficient (Wildman–Crippen LogP) is 2.43. The van der Waals surface area contributed by atoms with E-state index in [1.54, 1.807) is 22.9 Å². The maximum absolute atomic E-state index is 12.9. The van der Waals surface area contributed by atoms with Crippen molar-refractivity contribution in [2.24, 2.45) is 7.05 Å². The number of anilines is 1. The predicted molar refractivity (Wildman–Crippen MR) is 123 cm³/mol. The summed E-state index contributed by atoms with van der Waals surface area (Å²) in [6.45, 7) is 6.58. The summed E-state index contributed by atoms with van der Waals surface area (Å²) in [7, 11) is 1.91. The molecule has 4 rings (SSSR count). The summed E-state index contributed by atoms with van der Waals surface area (Å²) >= 11 is 1.35. The van der Waals surface area contributed by atoms with Crippen LogP contribution in [0.15, 0.2) is 41.6 Å². The van der Waals surface area contributed by atoms with Crippen LogP contribution in [0.2, 0.25) is 0 Å². The molecule has 3 aromatic rings. The molecule has 0 spiro atoms. The Labute approximate surface area is 190 Å². The molecule has 1 amide bonds. The number of aromatic nitrogens is 4. The SMILES string of the molecule is Cc1cc(C(=O)CSc2nnc(N3CCOCC3)n2C)c(C)n1NC(=O)c1ccccc1. The number of Topliss-reactive ketones (excluding diaryl/α,β-unsaturated/α-hetero) is 1. The summed E-state index contributed by atoms with van der Waals surface area (Å²) in [6, 6.07) is 10.8. The molecule has 0 atom stereocenters. The Morgan fingerprint density at radius 1 is 1.12 bits per heavy atom. The van der Waals surface area contributed by atoms with Crippen molar-refractivity contribution < 1.29 is 14.3 Å². The third kappa shape index (κ3) is 4.56. The van der Waals surface area contributed by atoms with Gasteiger partial charge in [0.1, 0.15) is 0 Å². The van der Waals surface area contributed by atoms with E-state index in [-0.39, 0.29) is 17.4 Å². The maximum atomic E-state index is 12.9. The van der Waals surface area contributed by atoms with E-state index in [9.17, 15) is 9.59 Å². The van der Waals surface area contributed by atoms with Crippen molar-refractivity contribution in [2.45, 2.75) is 19.0 Å². The third-order valence-electron chi connectivity index (χ3n) is 5.42. The second-order valence-electron chi connectivity index (χ2n) is 7.58. The van der Waals surface area contributed by atoms with Gasteiger partial charge in [0.25, 0.3) is 5.91 Å². The molecule has 0 unspecified atom stereocenters. The first-order valence-electron chi connectivity index (χ1n) is 10.4. The fraction of sp³-hybridized carbons (Fsp3) is 0.364. The molecular formula is C22H26N6O3S. The first-order chi connectivity index (χ1) is 15.5. The molecule has 2 aromatic heterocycles. The summed E-state index contributed by atoms with van der Waals surface area (Å²) in [5.74, 6) is 0.756. The molecule has 1 N–H and O–H groups in total. The van der Waals surface area contributed by atoms with Crippen molar-refractivity contribution >= 4 is 29.4 Å². The van der Waals surface area contributed by atoms with Gasteiger partial charge in [0.2, 0.25) is 5.95 Å². The molecule has 3 heterocycles. The van der Waals surface area contributed by atoms with Crippen molar-refractivity contribution in [3.05, 3.63) is 58.9 Å². The van der Waals surface area contributed by atoms with Gasteiger partial charge in [-0.2, -0.15) is 0 Å². The van der Waals surface area contributed by atoms with Gasteiger partial charge in [-0.25, -0.2) is 0 Å². The van der Waals surface area contributed by atoms with Crippen molar-refractivity contribution in [1.29, 1.82) is 0 Å².